The van der Waals surface area contributed by atoms with E-state index in [2.05, 4.69) is 32.4 Å². The molecule has 25 heavy (non-hydrogen) atoms. The molecule has 0 heterocycles. The molecule has 1 amide bonds. The quantitative estimate of drug-likeness (QED) is 0.437. The van der Waals surface area contributed by atoms with Gasteiger partial charge in [0, 0.05) is 10.6 Å². The molecule has 0 unspecified atom stereocenters. The van der Waals surface area contributed by atoms with E-state index in [-0.39, 0.29) is 12.5 Å². The summed E-state index contributed by atoms with van der Waals surface area (Å²) in [7, 11) is 1.52. The average molecular weight is 422 g/mol. The summed E-state index contributed by atoms with van der Waals surface area (Å²) in [6, 6.07) is 9.99. The minimum absolute atomic E-state index is 0.125. The Balaban J connectivity index is 2.10. The molecule has 0 aliphatic carbocycles. The highest BCUT2D eigenvalue weighted by molar-refractivity contribution is 9.10. The van der Waals surface area contributed by atoms with E-state index < -0.39 is 0 Å². The molecule has 2 aromatic carbocycles. The highest BCUT2D eigenvalue weighted by atomic mass is 79.9. The van der Waals surface area contributed by atoms with Crippen LogP contribution in [0.4, 0.5) is 0 Å². The molecule has 0 aromatic heterocycles. The van der Waals surface area contributed by atoms with Crippen molar-refractivity contribution in [2.24, 2.45) is 5.10 Å². The largest absolute Gasteiger partial charge is 0.493 e. The Bertz CT molecular complexity index is 829. The molecular weight excluding hydrogens is 408 g/mol. The number of nitrogens with one attached hydrogen (secondary N) is 1. The number of methoxy groups -OCH3 is 1. The first-order valence-corrected chi connectivity index (χ1v) is 8.25. The standard InChI is InChI=1S/C18H14BrClN2O3/c1-3-8-25-17-15(19)9-12(10-16(17)24-2)11-21-22-18(23)13-4-6-14(20)7-5-13/h1,4-7,9-11H,8H2,2H3,(H,22,23)/b21-11-. The summed E-state index contributed by atoms with van der Waals surface area (Å²) in [5.41, 5.74) is 3.61. The van der Waals surface area contributed by atoms with E-state index in [4.69, 9.17) is 27.5 Å². The van der Waals surface area contributed by atoms with Crippen molar-refractivity contribution < 1.29 is 14.3 Å². The van der Waals surface area contributed by atoms with Gasteiger partial charge in [-0.05, 0) is 57.9 Å². The van der Waals surface area contributed by atoms with Gasteiger partial charge in [-0.3, -0.25) is 4.79 Å². The fourth-order valence-electron chi connectivity index (χ4n) is 1.90. The first-order chi connectivity index (χ1) is 12.0. The zero-order valence-electron chi connectivity index (χ0n) is 13.3. The summed E-state index contributed by atoms with van der Waals surface area (Å²) >= 11 is 9.19. The summed E-state index contributed by atoms with van der Waals surface area (Å²) in [6.07, 6.45) is 6.69. The van der Waals surface area contributed by atoms with Crippen LogP contribution in [0.25, 0.3) is 0 Å². The lowest BCUT2D eigenvalue weighted by molar-refractivity contribution is 0.0955. The Morgan fingerprint density at radius 3 is 2.76 bits per heavy atom. The van der Waals surface area contributed by atoms with Crippen LogP contribution in [0.15, 0.2) is 46.0 Å². The van der Waals surface area contributed by atoms with Crippen molar-refractivity contribution in [1.29, 1.82) is 0 Å². The third-order valence-electron chi connectivity index (χ3n) is 3.04. The number of benzene rings is 2. The number of amides is 1. The molecule has 2 rings (SSSR count). The third-order valence-corrected chi connectivity index (χ3v) is 3.88. The van der Waals surface area contributed by atoms with Gasteiger partial charge in [0.2, 0.25) is 0 Å². The van der Waals surface area contributed by atoms with Crippen molar-refractivity contribution >= 4 is 39.7 Å². The number of nitrogens with zero attached hydrogens (tertiary/aromatic N) is 1. The van der Waals surface area contributed by atoms with Crippen LogP contribution < -0.4 is 14.9 Å². The molecule has 0 aliphatic rings. The number of carbonyl (C=O) groups is 1. The van der Waals surface area contributed by atoms with Crippen LogP contribution in [0.3, 0.4) is 0 Å². The molecule has 0 atom stereocenters. The predicted molar refractivity (Wildman–Crippen MR) is 102 cm³/mol. The maximum Gasteiger partial charge on any atom is 0.271 e. The van der Waals surface area contributed by atoms with E-state index in [1.165, 1.54) is 13.3 Å². The number of hydrazone groups is 1. The van der Waals surface area contributed by atoms with Crippen LogP contribution in [-0.2, 0) is 0 Å². The number of terminal acetylenes is 1. The fourth-order valence-corrected chi connectivity index (χ4v) is 2.60. The third kappa shape index (κ3) is 5.24. The van der Waals surface area contributed by atoms with Crippen molar-refractivity contribution in [2.45, 2.75) is 0 Å². The minimum atomic E-state index is -0.340. The molecule has 0 radical (unpaired) electrons. The Kier molecular flexibility index (Phi) is 6.87. The average Bonchev–Trinajstić information content (AvgIpc) is 2.61. The lowest BCUT2D eigenvalue weighted by Gasteiger charge is -2.11. The second-order valence-electron chi connectivity index (χ2n) is 4.73. The molecule has 1 N–H and O–H groups in total. The van der Waals surface area contributed by atoms with Crippen molar-refractivity contribution in [1.82, 2.24) is 5.43 Å². The Morgan fingerprint density at radius 2 is 2.12 bits per heavy atom. The summed E-state index contributed by atoms with van der Waals surface area (Å²) in [4.78, 5) is 12.0. The van der Waals surface area contributed by atoms with Gasteiger partial charge in [-0.15, -0.1) is 6.42 Å². The van der Waals surface area contributed by atoms with Crippen molar-refractivity contribution in [3.63, 3.8) is 0 Å². The van der Waals surface area contributed by atoms with Crippen LogP contribution in [0.2, 0.25) is 5.02 Å². The molecule has 2 aromatic rings. The number of ether oxygens (including phenoxy) is 2. The van der Waals surface area contributed by atoms with E-state index in [9.17, 15) is 4.79 Å². The molecule has 0 bridgehead atoms. The molecule has 0 spiro atoms. The van der Waals surface area contributed by atoms with Gasteiger partial charge in [-0.2, -0.15) is 5.10 Å². The van der Waals surface area contributed by atoms with Crippen molar-refractivity contribution in [2.75, 3.05) is 13.7 Å². The topological polar surface area (TPSA) is 59.9 Å². The smallest absolute Gasteiger partial charge is 0.271 e. The van der Waals surface area contributed by atoms with E-state index >= 15 is 0 Å². The molecular formula is C18H14BrClN2O3. The molecule has 0 saturated carbocycles. The number of hydrogen-bond acceptors (Lipinski definition) is 4. The van der Waals surface area contributed by atoms with Gasteiger partial charge in [0.1, 0.15) is 6.61 Å². The molecule has 7 heteroatoms. The maximum absolute atomic E-state index is 12.0. The molecule has 128 valence electrons. The number of halogens is 2. The Labute approximate surface area is 159 Å². The van der Waals surface area contributed by atoms with Crippen molar-refractivity contribution in [3.8, 4) is 23.8 Å². The van der Waals surface area contributed by atoms with Gasteiger partial charge < -0.3 is 9.47 Å². The zero-order valence-corrected chi connectivity index (χ0v) is 15.6. The first kappa shape index (κ1) is 18.8. The monoisotopic (exact) mass is 420 g/mol. The minimum Gasteiger partial charge on any atom is -0.493 e. The normalized spacial score (nSPS) is 10.3. The van der Waals surface area contributed by atoms with Gasteiger partial charge in [0.05, 0.1) is 17.8 Å². The maximum atomic E-state index is 12.0. The second kappa shape index (κ2) is 9.11. The van der Waals surface area contributed by atoms with Crippen molar-refractivity contribution in [3.05, 3.63) is 57.0 Å². The number of carbonyl (C=O) groups excluding carboxylic acids is 1. The summed E-state index contributed by atoms with van der Waals surface area (Å²) in [6.45, 7) is 0.125. The van der Waals surface area contributed by atoms with Gasteiger partial charge in [0.15, 0.2) is 11.5 Å². The highest BCUT2D eigenvalue weighted by Gasteiger charge is 2.11. The van der Waals surface area contributed by atoms with Gasteiger partial charge >= 0.3 is 0 Å². The van der Waals surface area contributed by atoms with Crippen LogP contribution in [0.1, 0.15) is 15.9 Å². The summed E-state index contributed by atoms with van der Waals surface area (Å²) in [5.74, 6) is 3.05. The van der Waals surface area contributed by atoms with Gasteiger partial charge in [-0.1, -0.05) is 17.5 Å². The SMILES string of the molecule is C#CCOc1c(Br)cc(/C=N\NC(=O)c2ccc(Cl)cc2)cc1OC. The lowest BCUT2D eigenvalue weighted by Crippen LogP contribution is -2.17. The summed E-state index contributed by atoms with van der Waals surface area (Å²) in [5, 5.41) is 4.50. The molecule has 0 fully saturated rings. The van der Waals surface area contributed by atoms with E-state index in [1.54, 1.807) is 36.4 Å². The number of rotatable bonds is 6. The Hall–Kier alpha value is -2.49. The van der Waals surface area contributed by atoms with Gasteiger partial charge in [-0.25, -0.2) is 5.43 Å². The fraction of sp³-hybridized carbons (Fsp3) is 0.111. The first-order valence-electron chi connectivity index (χ1n) is 7.08. The van der Waals surface area contributed by atoms with E-state index in [1.807, 2.05) is 0 Å². The molecule has 0 saturated heterocycles. The molecule has 5 nitrogen and oxygen atoms in total. The van der Waals surface area contributed by atoms with Gasteiger partial charge in [0.25, 0.3) is 5.91 Å². The van der Waals surface area contributed by atoms with Crippen LogP contribution >= 0.6 is 27.5 Å². The highest BCUT2D eigenvalue weighted by Crippen LogP contribution is 2.36. The van der Waals surface area contributed by atoms with Crippen LogP contribution in [0.5, 0.6) is 11.5 Å². The van der Waals surface area contributed by atoms with Crippen LogP contribution in [0, 0.1) is 12.3 Å². The van der Waals surface area contributed by atoms with E-state index in [0.717, 1.165) is 0 Å². The lowest BCUT2D eigenvalue weighted by atomic mass is 10.2. The predicted octanol–water partition coefficient (Wildman–Crippen LogP) is 3.89. The zero-order chi connectivity index (χ0) is 18.2. The Morgan fingerprint density at radius 1 is 1.40 bits per heavy atom. The molecule has 0 aliphatic heterocycles. The van der Waals surface area contributed by atoms with E-state index in [0.29, 0.717) is 32.1 Å². The second-order valence-corrected chi connectivity index (χ2v) is 6.02. The summed E-state index contributed by atoms with van der Waals surface area (Å²) < 4.78 is 11.4. The van der Waals surface area contributed by atoms with Crippen LogP contribution in [-0.4, -0.2) is 25.8 Å². The number of hydrogen-bond donors (Lipinski definition) is 1.